The van der Waals surface area contributed by atoms with Gasteiger partial charge in [0.2, 0.25) is 11.8 Å². The molecule has 0 saturated carbocycles. The number of primary amides is 1. The van der Waals surface area contributed by atoms with Gasteiger partial charge in [0.15, 0.2) is 17.3 Å². The molecule has 5 N–H and O–H groups in total. The number of amides is 2. The zero-order valence-corrected chi connectivity index (χ0v) is 23.4. The number of anilines is 2. The SMILES string of the molecule is CC(=O)Nc1ccc(C(N)=O)cc1.Nc1ncccc1-c1nc2ccc(-n3cccn3)nc2n1-c1ccc2c(c1)CCC2. The number of benzene rings is 2. The molecular weight excluding hydrogens is 542 g/mol. The summed E-state index contributed by atoms with van der Waals surface area (Å²) in [6, 6.07) is 22.6. The van der Waals surface area contributed by atoms with Crippen molar-refractivity contribution in [3.8, 4) is 22.9 Å². The fourth-order valence-electron chi connectivity index (χ4n) is 5.13. The molecule has 2 amide bonds. The highest BCUT2D eigenvalue weighted by atomic mass is 16.1. The Morgan fingerprint density at radius 3 is 2.44 bits per heavy atom. The summed E-state index contributed by atoms with van der Waals surface area (Å²) >= 11 is 0. The zero-order chi connectivity index (χ0) is 29.9. The van der Waals surface area contributed by atoms with Crippen LogP contribution >= 0.6 is 0 Å². The first-order valence-electron chi connectivity index (χ1n) is 13.8. The topological polar surface area (TPSA) is 160 Å². The van der Waals surface area contributed by atoms with Gasteiger partial charge in [-0.05, 0) is 97.1 Å². The van der Waals surface area contributed by atoms with E-state index in [9.17, 15) is 9.59 Å². The third kappa shape index (κ3) is 5.68. The molecule has 0 radical (unpaired) electrons. The molecule has 2 aromatic carbocycles. The van der Waals surface area contributed by atoms with Gasteiger partial charge in [-0.2, -0.15) is 5.10 Å². The number of aryl methyl sites for hydroxylation is 2. The highest BCUT2D eigenvalue weighted by molar-refractivity contribution is 5.94. The van der Waals surface area contributed by atoms with E-state index in [4.69, 9.17) is 21.4 Å². The van der Waals surface area contributed by atoms with Crippen molar-refractivity contribution >= 4 is 34.5 Å². The van der Waals surface area contributed by atoms with Gasteiger partial charge in [-0.15, -0.1) is 0 Å². The molecule has 11 heteroatoms. The van der Waals surface area contributed by atoms with Crippen LogP contribution in [0.5, 0.6) is 0 Å². The molecule has 0 aliphatic heterocycles. The Morgan fingerprint density at radius 2 is 1.72 bits per heavy atom. The number of rotatable bonds is 5. The van der Waals surface area contributed by atoms with E-state index in [0.717, 1.165) is 46.9 Å². The second-order valence-corrected chi connectivity index (χ2v) is 10.1. The molecule has 6 aromatic rings. The molecule has 0 spiro atoms. The van der Waals surface area contributed by atoms with E-state index in [-0.39, 0.29) is 5.91 Å². The number of hydrogen-bond donors (Lipinski definition) is 3. The Bertz CT molecular complexity index is 1940. The van der Waals surface area contributed by atoms with Crippen molar-refractivity contribution in [2.45, 2.75) is 26.2 Å². The molecule has 4 aromatic heterocycles. The number of carbonyl (C=O) groups is 2. The monoisotopic (exact) mass is 571 g/mol. The maximum atomic E-state index is 10.7. The third-order valence-corrected chi connectivity index (χ3v) is 7.14. The van der Waals surface area contributed by atoms with Crippen molar-refractivity contribution in [1.29, 1.82) is 0 Å². The summed E-state index contributed by atoms with van der Waals surface area (Å²) in [6.07, 6.45) is 8.76. The van der Waals surface area contributed by atoms with Crippen LogP contribution in [0.1, 0.15) is 34.8 Å². The summed E-state index contributed by atoms with van der Waals surface area (Å²) in [5.41, 5.74) is 18.5. The number of imidazole rings is 1. The second kappa shape index (κ2) is 11.6. The zero-order valence-electron chi connectivity index (χ0n) is 23.4. The van der Waals surface area contributed by atoms with Gasteiger partial charge in [0.1, 0.15) is 11.3 Å². The van der Waals surface area contributed by atoms with Crippen molar-refractivity contribution < 1.29 is 9.59 Å². The van der Waals surface area contributed by atoms with Gasteiger partial charge in [-0.25, -0.2) is 19.6 Å². The lowest BCUT2D eigenvalue weighted by molar-refractivity contribution is -0.114. The highest BCUT2D eigenvalue weighted by Crippen LogP contribution is 2.32. The Kier molecular flexibility index (Phi) is 7.35. The first kappa shape index (κ1) is 27.3. The van der Waals surface area contributed by atoms with Crippen LogP contribution in [0.4, 0.5) is 11.5 Å². The van der Waals surface area contributed by atoms with Crippen LogP contribution in [-0.4, -0.2) is 41.1 Å². The highest BCUT2D eigenvalue weighted by Gasteiger charge is 2.20. The summed E-state index contributed by atoms with van der Waals surface area (Å²) in [5.74, 6) is 1.29. The molecule has 0 fully saturated rings. The van der Waals surface area contributed by atoms with Crippen molar-refractivity contribution in [3.05, 3.63) is 108 Å². The summed E-state index contributed by atoms with van der Waals surface area (Å²) in [5, 5.41) is 6.90. The van der Waals surface area contributed by atoms with Gasteiger partial charge < -0.3 is 16.8 Å². The predicted octanol–water partition coefficient (Wildman–Crippen LogP) is 4.48. The summed E-state index contributed by atoms with van der Waals surface area (Å²) in [4.78, 5) is 35.4. The normalized spacial score (nSPS) is 11.9. The number of pyridine rings is 2. The van der Waals surface area contributed by atoms with Crippen LogP contribution < -0.4 is 16.8 Å². The average molecular weight is 572 g/mol. The number of nitrogens with zero attached hydrogens (tertiary/aromatic N) is 6. The lowest BCUT2D eigenvalue weighted by Gasteiger charge is -2.12. The van der Waals surface area contributed by atoms with Crippen LogP contribution in [0, 0.1) is 0 Å². The molecule has 0 unspecified atom stereocenters. The molecule has 1 aliphatic rings. The first-order valence-corrected chi connectivity index (χ1v) is 13.8. The molecule has 0 atom stereocenters. The molecule has 4 heterocycles. The van der Waals surface area contributed by atoms with Crippen LogP contribution in [0.3, 0.4) is 0 Å². The number of nitrogens with one attached hydrogen (secondary N) is 1. The number of nitrogen functional groups attached to an aromatic ring is 1. The van der Waals surface area contributed by atoms with Crippen LogP contribution in [0.2, 0.25) is 0 Å². The minimum Gasteiger partial charge on any atom is -0.383 e. The van der Waals surface area contributed by atoms with Crippen molar-refractivity contribution in [2.24, 2.45) is 5.73 Å². The third-order valence-electron chi connectivity index (χ3n) is 7.14. The number of fused-ring (bicyclic) bond motifs is 2. The minimum atomic E-state index is -0.477. The van der Waals surface area contributed by atoms with Crippen molar-refractivity contribution in [2.75, 3.05) is 11.1 Å². The molecule has 0 saturated heterocycles. The van der Waals surface area contributed by atoms with Gasteiger partial charge >= 0.3 is 0 Å². The fourth-order valence-corrected chi connectivity index (χ4v) is 5.13. The minimum absolute atomic E-state index is 0.146. The number of carbonyl (C=O) groups excluding carboxylic acids is 2. The number of hydrogen-bond acceptors (Lipinski definition) is 7. The van der Waals surface area contributed by atoms with Gasteiger partial charge in [-0.1, -0.05) is 6.07 Å². The molecule has 7 rings (SSSR count). The quantitative estimate of drug-likeness (QED) is 0.275. The van der Waals surface area contributed by atoms with Crippen LogP contribution in [0.25, 0.3) is 34.1 Å². The molecular formula is C32H29N9O2. The van der Waals surface area contributed by atoms with Gasteiger partial charge in [0.05, 0.1) is 5.56 Å². The van der Waals surface area contributed by atoms with E-state index in [1.165, 1.54) is 24.5 Å². The van der Waals surface area contributed by atoms with Crippen LogP contribution in [-0.2, 0) is 17.6 Å². The first-order chi connectivity index (χ1) is 20.9. The Morgan fingerprint density at radius 1 is 0.907 bits per heavy atom. The van der Waals surface area contributed by atoms with Gasteiger partial charge in [0.25, 0.3) is 0 Å². The van der Waals surface area contributed by atoms with Crippen LogP contribution in [0.15, 0.2) is 91.4 Å². The van der Waals surface area contributed by atoms with E-state index in [0.29, 0.717) is 17.1 Å². The fraction of sp³-hybridized carbons (Fsp3) is 0.125. The van der Waals surface area contributed by atoms with Crippen molar-refractivity contribution in [1.82, 2.24) is 29.3 Å². The number of nitrogens with two attached hydrogens (primary N) is 2. The van der Waals surface area contributed by atoms with E-state index in [1.807, 2.05) is 36.5 Å². The average Bonchev–Trinajstić information content (AvgIpc) is 3.77. The molecule has 11 nitrogen and oxygen atoms in total. The molecule has 0 bridgehead atoms. The summed E-state index contributed by atoms with van der Waals surface area (Å²) in [7, 11) is 0. The van der Waals surface area contributed by atoms with Gasteiger partial charge in [-0.3, -0.25) is 14.2 Å². The summed E-state index contributed by atoms with van der Waals surface area (Å²) < 4.78 is 3.83. The second-order valence-electron chi connectivity index (χ2n) is 10.1. The smallest absolute Gasteiger partial charge is 0.248 e. The summed E-state index contributed by atoms with van der Waals surface area (Å²) in [6.45, 7) is 1.42. The number of aromatic nitrogens is 6. The molecule has 1 aliphatic carbocycles. The largest absolute Gasteiger partial charge is 0.383 e. The Balaban J connectivity index is 0.000000214. The van der Waals surface area contributed by atoms with E-state index >= 15 is 0 Å². The van der Waals surface area contributed by atoms with E-state index in [1.54, 1.807) is 41.3 Å². The standard InChI is InChI=1S/C23H19N7.C9H10N2O2/c24-21-18(6-2-11-25-21)22-27-19-9-10-20(29-13-3-12-26-29)28-23(19)30(22)17-8-7-15-4-1-5-16(15)14-17;1-6(12)11-8-4-2-7(3-5-8)9(10)13/h2-3,6-14H,1,4-5H2,(H2,24,25);2-5H,1H3,(H2,10,13)(H,11,12). The maximum absolute atomic E-state index is 10.7. The van der Waals surface area contributed by atoms with Gasteiger partial charge in [0, 0.05) is 42.5 Å². The molecule has 43 heavy (non-hydrogen) atoms. The maximum Gasteiger partial charge on any atom is 0.248 e. The predicted molar refractivity (Wildman–Crippen MR) is 165 cm³/mol. The lowest BCUT2D eigenvalue weighted by atomic mass is 10.1. The molecule has 214 valence electrons. The van der Waals surface area contributed by atoms with E-state index in [2.05, 4.69) is 38.2 Å². The van der Waals surface area contributed by atoms with E-state index < -0.39 is 5.91 Å². The van der Waals surface area contributed by atoms with Crippen molar-refractivity contribution in [3.63, 3.8) is 0 Å². The lowest BCUT2D eigenvalue weighted by Crippen LogP contribution is -2.11. The Hall–Kier alpha value is -5.84. The Labute approximate surface area is 247 Å².